The Morgan fingerprint density at radius 1 is 1.50 bits per heavy atom. The van der Waals surface area contributed by atoms with Crippen LogP contribution in [0.15, 0.2) is 0 Å². The lowest BCUT2D eigenvalue weighted by atomic mass is 9.95. The van der Waals surface area contributed by atoms with Gasteiger partial charge in [-0.3, -0.25) is 0 Å². The smallest absolute Gasteiger partial charge is 0.224 e. The van der Waals surface area contributed by atoms with Crippen molar-refractivity contribution >= 4 is 17.4 Å². The third-order valence-corrected chi connectivity index (χ3v) is 4.52. The van der Waals surface area contributed by atoms with E-state index < -0.39 is 5.60 Å². The lowest BCUT2D eigenvalue weighted by molar-refractivity contribution is -0.0307. The summed E-state index contributed by atoms with van der Waals surface area (Å²) in [5, 5.41) is 9.07. The molecular formula is C15H19ClN4O2. The summed E-state index contributed by atoms with van der Waals surface area (Å²) in [5.74, 6) is 0.839. The topological polar surface area (TPSA) is 71.3 Å². The van der Waals surface area contributed by atoms with Crippen LogP contribution in [0.1, 0.15) is 37.9 Å². The largest absolute Gasteiger partial charge is 0.377 e. The maximum atomic E-state index is 8.85. The van der Waals surface area contributed by atoms with Crippen LogP contribution >= 0.6 is 11.6 Å². The van der Waals surface area contributed by atoms with Crippen molar-refractivity contribution in [2.45, 2.75) is 44.9 Å². The number of halogens is 1. The van der Waals surface area contributed by atoms with Crippen molar-refractivity contribution in [1.29, 1.82) is 5.26 Å². The average molecular weight is 323 g/mol. The number of hydrogen-bond acceptors (Lipinski definition) is 6. The third-order valence-electron chi connectivity index (χ3n) is 4.35. The molecule has 7 heteroatoms. The Labute approximate surface area is 135 Å². The van der Waals surface area contributed by atoms with Crippen LogP contribution in [-0.4, -0.2) is 35.8 Å². The summed E-state index contributed by atoms with van der Waals surface area (Å²) < 4.78 is 11.5. The molecule has 2 aliphatic heterocycles. The van der Waals surface area contributed by atoms with Gasteiger partial charge in [0.2, 0.25) is 5.28 Å². The van der Waals surface area contributed by atoms with E-state index >= 15 is 0 Å². The molecule has 0 saturated carbocycles. The fourth-order valence-corrected chi connectivity index (χ4v) is 3.24. The van der Waals surface area contributed by atoms with Gasteiger partial charge in [0.05, 0.1) is 37.6 Å². The molecule has 0 aromatic carbocycles. The number of rotatable bonds is 3. The van der Waals surface area contributed by atoms with E-state index in [1.807, 2.05) is 6.92 Å². The van der Waals surface area contributed by atoms with Crippen LogP contribution in [-0.2, 0) is 21.7 Å². The van der Waals surface area contributed by atoms with E-state index in [1.54, 1.807) is 0 Å². The van der Waals surface area contributed by atoms with Gasteiger partial charge in [0.25, 0.3) is 0 Å². The monoisotopic (exact) mass is 322 g/mol. The summed E-state index contributed by atoms with van der Waals surface area (Å²) in [6.45, 7) is 6.64. The number of nitrogens with zero attached hydrogens (tertiary/aromatic N) is 4. The van der Waals surface area contributed by atoms with Crippen molar-refractivity contribution in [2.75, 3.05) is 24.7 Å². The number of ether oxygens (including phenoxy) is 2. The molecule has 2 unspecified atom stereocenters. The number of aromatic nitrogens is 2. The summed E-state index contributed by atoms with van der Waals surface area (Å²) in [7, 11) is 0. The van der Waals surface area contributed by atoms with Crippen LogP contribution in [0.25, 0.3) is 0 Å². The Bertz CT molecular complexity index is 618. The highest BCUT2D eigenvalue weighted by atomic mass is 35.5. The van der Waals surface area contributed by atoms with E-state index in [4.69, 9.17) is 26.3 Å². The summed E-state index contributed by atoms with van der Waals surface area (Å²) in [6.07, 6.45) is 1.02. The van der Waals surface area contributed by atoms with E-state index in [0.29, 0.717) is 32.7 Å². The molecule has 2 aliphatic rings. The number of anilines is 1. The molecule has 0 bridgehead atoms. The van der Waals surface area contributed by atoms with Crippen molar-refractivity contribution in [3.8, 4) is 6.07 Å². The molecule has 6 nitrogen and oxygen atoms in total. The van der Waals surface area contributed by atoms with Crippen LogP contribution in [0.4, 0.5) is 5.82 Å². The molecule has 0 radical (unpaired) electrons. The van der Waals surface area contributed by atoms with Crippen LogP contribution in [0.2, 0.25) is 5.28 Å². The standard InChI is InChI=1S/C15H19ClN4O2/c1-10-8-21-7-6-20(10)13-11-9-22-15(2,4-3-5-17)12(11)18-14(16)19-13/h10H,3-4,6-9H2,1-2H3. The number of nitriles is 1. The summed E-state index contributed by atoms with van der Waals surface area (Å²) in [5.41, 5.74) is 1.23. The highest BCUT2D eigenvalue weighted by Crippen LogP contribution is 2.42. The summed E-state index contributed by atoms with van der Waals surface area (Å²) in [6, 6.07) is 2.40. The highest BCUT2D eigenvalue weighted by molar-refractivity contribution is 6.28. The van der Waals surface area contributed by atoms with Gasteiger partial charge in [-0.1, -0.05) is 0 Å². The molecule has 1 aromatic rings. The molecule has 22 heavy (non-hydrogen) atoms. The minimum atomic E-state index is -0.568. The molecule has 3 rings (SSSR count). The second-order valence-electron chi connectivity index (χ2n) is 5.94. The second-order valence-corrected chi connectivity index (χ2v) is 6.28. The fraction of sp³-hybridized carbons (Fsp3) is 0.667. The zero-order valence-electron chi connectivity index (χ0n) is 12.8. The maximum absolute atomic E-state index is 8.85. The zero-order chi connectivity index (χ0) is 15.7. The first kappa shape index (κ1) is 15.5. The minimum Gasteiger partial charge on any atom is -0.377 e. The van der Waals surface area contributed by atoms with Gasteiger partial charge >= 0.3 is 0 Å². The molecule has 0 N–H and O–H groups in total. The molecule has 1 saturated heterocycles. The molecule has 0 amide bonds. The van der Waals surface area contributed by atoms with Gasteiger partial charge in [0.1, 0.15) is 11.4 Å². The predicted molar refractivity (Wildman–Crippen MR) is 81.7 cm³/mol. The number of hydrogen-bond donors (Lipinski definition) is 0. The number of fused-ring (bicyclic) bond motifs is 1. The van der Waals surface area contributed by atoms with Crippen molar-refractivity contribution in [3.05, 3.63) is 16.5 Å². The van der Waals surface area contributed by atoms with Crippen molar-refractivity contribution in [1.82, 2.24) is 9.97 Å². The molecule has 0 spiro atoms. The van der Waals surface area contributed by atoms with Crippen LogP contribution in [0.3, 0.4) is 0 Å². The first-order valence-electron chi connectivity index (χ1n) is 7.47. The quantitative estimate of drug-likeness (QED) is 0.796. The van der Waals surface area contributed by atoms with E-state index in [2.05, 4.69) is 27.9 Å². The molecule has 118 valence electrons. The lowest BCUT2D eigenvalue weighted by Gasteiger charge is -2.35. The van der Waals surface area contributed by atoms with Crippen LogP contribution in [0, 0.1) is 11.3 Å². The maximum Gasteiger partial charge on any atom is 0.224 e. The normalized spacial score (nSPS) is 27.5. The van der Waals surface area contributed by atoms with E-state index in [0.717, 1.165) is 23.6 Å². The Morgan fingerprint density at radius 3 is 3.05 bits per heavy atom. The van der Waals surface area contributed by atoms with Crippen LogP contribution in [0.5, 0.6) is 0 Å². The zero-order valence-corrected chi connectivity index (χ0v) is 13.6. The van der Waals surface area contributed by atoms with E-state index in [-0.39, 0.29) is 11.3 Å². The Balaban J connectivity index is 2.01. The average Bonchev–Trinajstić information content (AvgIpc) is 2.83. The third kappa shape index (κ3) is 2.65. The summed E-state index contributed by atoms with van der Waals surface area (Å²) in [4.78, 5) is 11.1. The Hall–Kier alpha value is -1.42. The van der Waals surface area contributed by atoms with Crippen molar-refractivity contribution in [3.63, 3.8) is 0 Å². The van der Waals surface area contributed by atoms with Gasteiger partial charge in [-0.2, -0.15) is 5.26 Å². The number of morpholine rings is 1. The fourth-order valence-electron chi connectivity index (χ4n) is 3.08. The predicted octanol–water partition coefficient (Wildman–Crippen LogP) is 2.40. The van der Waals surface area contributed by atoms with Gasteiger partial charge < -0.3 is 14.4 Å². The Kier molecular flexibility index (Phi) is 4.22. The summed E-state index contributed by atoms with van der Waals surface area (Å²) >= 11 is 6.16. The van der Waals surface area contributed by atoms with Crippen molar-refractivity contribution < 1.29 is 9.47 Å². The molecule has 1 aromatic heterocycles. The molecule has 0 aliphatic carbocycles. The van der Waals surface area contributed by atoms with Gasteiger partial charge in [-0.15, -0.1) is 0 Å². The highest BCUT2D eigenvalue weighted by Gasteiger charge is 2.40. The van der Waals surface area contributed by atoms with Crippen molar-refractivity contribution in [2.24, 2.45) is 0 Å². The first-order chi connectivity index (χ1) is 10.5. The van der Waals surface area contributed by atoms with Crippen LogP contribution < -0.4 is 4.90 Å². The van der Waals surface area contributed by atoms with Gasteiger partial charge in [-0.25, -0.2) is 9.97 Å². The lowest BCUT2D eigenvalue weighted by Crippen LogP contribution is -2.44. The first-order valence-corrected chi connectivity index (χ1v) is 7.85. The second kappa shape index (κ2) is 5.99. The van der Waals surface area contributed by atoms with Gasteiger partial charge in [-0.05, 0) is 31.9 Å². The Morgan fingerprint density at radius 2 is 2.32 bits per heavy atom. The molecular weight excluding hydrogens is 304 g/mol. The minimum absolute atomic E-state index is 0.223. The SMILES string of the molecule is CC1COCCN1c1nc(Cl)nc2c1COC2(C)CCC#N. The van der Waals surface area contributed by atoms with Gasteiger partial charge in [0.15, 0.2) is 0 Å². The van der Waals surface area contributed by atoms with Gasteiger partial charge in [0, 0.05) is 18.5 Å². The molecule has 2 atom stereocenters. The van der Waals surface area contributed by atoms with E-state index in [9.17, 15) is 0 Å². The molecule has 1 fully saturated rings. The van der Waals surface area contributed by atoms with E-state index in [1.165, 1.54) is 0 Å². The molecule has 3 heterocycles.